The van der Waals surface area contributed by atoms with Gasteiger partial charge in [0.25, 0.3) is 5.91 Å². The van der Waals surface area contributed by atoms with Gasteiger partial charge in [0.1, 0.15) is 11.0 Å². The lowest BCUT2D eigenvalue weighted by atomic mass is 10.1. The van der Waals surface area contributed by atoms with Crippen molar-refractivity contribution in [1.82, 2.24) is 0 Å². The van der Waals surface area contributed by atoms with Crippen LogP contribution in [0, 0.1) is 0 Å². The maximum Gasteiger partial charge on any atom is 0.335 e. The molecule has 0 radical (unpaired) electrons. The van der Waals surface area contributed by atoms with E-state index in [1.807, 2.05) is 36.4 Å². The molecule has 4 aromatic rings. The Morgan fingerprint density at radius 2 is 1.61 bits per heavy atom. The minimum Gasteiger partial charge on any atom is -0.497 e. The summed E-state index contributed by atoms with van der Waals surface area (Å²) >= 11 is 7.52. The molecule has 0 aliphatic heterocycles. The molecule has 2 amide bonds. The number of methoxy groups -OCH3 is 1. The number of amides is 2. The molecule has 7 nitrogen and oxygen atoms in total. The number of nitrogens with one attached hydrogen (secondary N) is 2. The Morgan fingerprint density at radius 1 is 0.842 bits per heavy atom. The number of rotatable bonds is 9. The summed E-state index contributed by atoms with van der Waals surface area (Å²) < 4.78 is 5.19. The Kier molecular flexibility index (Phi) is 8.68. The number of anilines is 2. The van der Waals surface area contributed by atoms with Crippen LogP contribution in [0.5, 0.6) is 5.75 Å². The number of carboxylic acid groups (broad SMARTS) is 1. The average Bonchev–Trinajstić information content (AvgIpc) is 2.93. The quantitative estimate of drug-likeness (QED) is 0.200. The lowest BCUT2D eigenvalue weighted by Crippen LogP contribution is -2.19. The molecule has 38 heavy (non-hydrogen) atoms. The first-order valence-corrected chi connectivity index (χ1v) is 12.7. The Balaban J connectivity index is 1.56. The van der Waals surface area contributed by atoms with Crippen LogP contribution in [-0.2, 0) is 4.79 Å². The topological polar surface area (TPSA) is 105 Å². The van der Waals surface area contributed by atoms with Crippen LogP contribution in [0.4, 0.5) is 11.4 Å². The van der Waals surface area contributed by atoms with Gasteiger partial charge in [0, 0.05) is 16.1 Å². The fourth-order valence-electron chi connectivity index (χ4n) is 3.60. The molecule has 0 saturated carbocycles. The van der Waals surface area contributed by atoms with Gasteiger partial charge in [-0.3, -0.25) is 9.59 Å². The highest BCUT2D eigenvalue weighted by Crippen LogP contribution is 2.38. The number of thioether (sulfide) groups is 1. The zero-order chi connectivity index (χ0) is 27.1. The molecule has 1 atom stereocenters. The van der Waals surface area contributed by atoms with E-state index in [-0.39, 0.29) is 28.1 Å². The second kappa shape index (κ2) is 12.3. The van der Waals surface area contributed by atoms with Crippen LogP contribution in [0.25, 0.3) is 0 Å². The van der Waals surface area contributed by atoms with E-state index < -0.39 is 11.2 Å². The molecule has 0 fully saturated rings. The van der Waals surface area contributed by atoms with Crippen molar-refractivity contribution in [2.45, 2.75) is 10.1 Å². The summed E-state index contributed by atoms with van der Waals surface area (Å²) in [6.45, 7) is 0. The largest absolute Gasteiger partial charge is 0.497 e. The van der Waals surface area contributed by atoms with E-state index in [0.717, 1.165) is 10.5 Å². The summed E-state index contributed by atoms with van der Waals surface area (Å²) in [5, 5.41) is 14.5. The van der Waals surface area contributed by atoms with Crippen LogP contribution in [0.15, 0.2) is 102 Å². The predicted octanol–water partition coefficient (Wildman–Crippen LogP) is 6.77. The summed E-state index contributed by atoms with van der Waals surface area (Å²) in [4.78, 5) is 38.3. The van der Waals surface area contributed by atoms with Crippen LogP contribution >= 0.6 is 23.4 Å². The highest BCUT2D eigenvalue weighted by molar-refractivity contribution is 8.00. The van der Waals surface area contributed by atoms with Crippen LogP contribution in [0.1, 0.15) is 31.5 Å². The fourth-order valence-corrected chi connectivity index (χ4v) is 4.85. The smallest absolute Gasteiger partial charge is 0.335 e. The van der Waals surface area contributed by atoms with Crippen molar-refractivity contribution < 1.29 is 24.2 Å². The first kappa shape index (κ1) is 26.8. The van der Waals surface area contributed by atoms with E-state index in [1.165, 1.54) is 37.1 Å². The number of carboxylic acids is 1. The third-order valence-corrected chi connectivity index (χ3v) is 7.07. The highest BCUT2D eigenvalue weighted by atomic mass is 35.5. The van der Waals surface area contributed by atoms with Gasteiger partial charge in [-0.05, 0) is 60.2 Å². The number of aromatic carboxylic acids is 1. The normalized spacial score (nSPS) is 11.3. The summed E-state index contributed by atoms with van der Waals surface area (Å²) in [6, 6.07) is 27.3. The fraction of sp³-hybridized carbons (Fsp3) is 0.0690. The molecule has 0 aromatic heterocycles. The Bertz CT molecular complexity index is 1480. The molecule has 0 spiro atoms. The van der Waals surface area contributed by atoms with Gasteiger partial charge in [-0.25, -0.2) is 4.79 Å². The number of ether oxygens (including phenoxy) is 1. The van der Waals surface area contributed by atoms with E-state index in [4.69, 9.17) is 16.3 Å². The summed E-state index contributed by atoms with van der Waals surface area (Å²) in [5.74, 6) is -1.22. The molecule has 0 heterocycles. The molecule has 1 unspecified atom stereocenters. The van der Waals surface area contributed by atoms with E-state index in [9.17, 15) is 19.5 Å². The number of halogens is 1. The molecule has 0 bridgehead atoms. The number of benzene rings is 4. The van der Waals surface area contributed by atoms with Crippen LogP contribution in [0.3, 0.4) is 0 Å². The van der Waals surface area contributed by atoms with Crippen LogP contribution in [0.2, 0.25) is 5.02 Å². The van der Waals surface area contributed by atoms with Crippen LogP contribution < -0.4 is 15.4 Å². The first-order valence-electron chi connectivity index (χ1n) is 11.4. The van der Waals surface area contributed by atoms with E-state index >= 15 is 0 Å². The van der Waals surface area contributed by atoms with Gasteiger partial charge >= 0.3 is 5.97 Å². The van der Waals surface area contributed by atoms with Gasteiger partial charge in [0.2, 0.25) is 5.91 Å². The van der Waals surface area contributed by atoms with Crippen molar-refractivity contribution in [2.24, 2.45) is 0 Å². The first-order chi connectivity index (χ1) is 18.3. The standard InChI is InChI=1S/C29H23ClN2O5S/c1-37-22-11-5-9-19(15-22)27(33)31-21-10-6-12-23(17-21)38-26(18-7-3-2-4-8-18)28(34)32-25-16-20(29(35)36)13-14-24(25)30/h2-17,26H,1H3,(H,31,33)(H,32,34)(H,35,36). The number of carbonyl (C=O) groups excluding carboxylic acids is 2. The summed E-state index contributed by atoms with van der Waals surface area (Å²) in [5.41, 5.74) is 1.97. The van der Waals surface area contributed by atoms with Gasteiger partial charge in [-0.2, -0.15) is 0 Å². The molecule has 0 aliphatic carbocycles. The van der Waals surface area contributed by atoms with Gasteiger partial charge in [0.05, 0.1) is 23.4 Å². The molecular formula is C29H23ClN2O5S. The number of hydrogen-bond acceptors (Lipinski definition) is 5. The monoisotopic (exact) mass is 546 g/mol. The Labute approximate surface area is 228 Å². The van der Waals surface area contributed by atoms with Gasteiger partial charge in [-0.15, -0.1) is 11.8 Å². The van der Waals surface area contributed by atoms with Crippen molar-refractivity contribution in [2.75, 3.05) is 17.7 Å². The van der Waals surface area contributed by atoms with Gasteiger partial charge in [0.15, 0.2) is 0 Å². The van der Waals surface area contributed by atoms with Crippen molar-refractivity contribution >= 4 is 52.5 Å². The lowest BCUT2D eigenvalue weighted by Gasteiger charge is -2.18. The number of hydrogen-bond donors (Lipinski definition) is 3. The third kappa shape index (κ3) is 6.73. The molecule has 4 aromatic carbocycles. The van der Waals surface area contributed by atoms with E-state index in [1.54, 1.807) is 42.5 Å². The van der Waals surface area contributed by atoms with Crippen molar-refractivity contribution in [3.63, 3.8) is 0 Å². The van der Waals surface area contributed by atoms with E-state index in [0.29, 0.717) is 17.0 Å². The highest BCUT2D eigenvalue weighted by Gasteiger charge is 2.23. The SMILES string of the molecule is COc1cccc(C(=O)Nc2cccc(SC(C(=O)Nc3cc(C(=O)O)ccc3Cl)c3ccccc3)c2)c1. The molecule has 0 aliphatic rings. The maximum absolute atomic E-state index is 13.4. The van der Waals surface area contributed by atoms with Crippen molar-refractivity contribution in [3.8, 4) is 5.75 Å². The second-order valence-corrected chi connectivity index (χ2v) is 9.70. The third-order valence-electron chi connectivity index (χ3n) is 5.49. The molecule has 192 valence electrons. The Morgan fingerprint density at radius 3 is 2.34 bits per heavy atom. The van der Waals surface area contributed by atoms with E-state index in [2.05, 4.69) is 10.6 Å². The Hall–Kier alpha value is -4.27. The minimum atomic E-state index is -1.13. The van der Waals surface area contributed by atoms with Crippen LogP contribution in [-0.4, -0.2) is 30.0 Å². The van der Waals surface area contributed by atoms with Gasteiger partial charge in [-0.1, -0.05) is 54.1 Å². The second-order valence-electron chi connectivity index (χ2n) is 8.11. The molecule has 9 heteroatoms. The summed E-state index contributed by atoms with van der Waals surface area (Å²) in [6.07, 6.45) is 0. The molecule has 3 N–H and O–H groups in total. The average molecular weight is 547 g/mol. The number of carbonyl (C=O) groups is 3. The predicted molar refractivity (Wildman–Crippen MR) is 149 cm³/mol. The minimum absolute atomic E-state index is 0.00749. The molecular weight excluding hydrogens is 524 g/mol. The zero-order valence-electron chi connectivity index (χ0n) is 20.2. The molecule has 0 saturated heterocycles. The molecule has 4 rings (SSSR count). The van der Waals surface area contributed by atoms with Crippen molar-refractivity contribution in [3.05, 3.63) is 119 Å². The van der Waals surface area contributed by atoms with Crippen molar-refractivity contribution in [1.29, 1.82) is 0 Å². The zero-order valence-corrected chi connectivity index (χ0v) is 21.8. The lowest BCUT2D eigenvalue weighted by molar-refractivity contribution is -0.115. The summed E-state index contributed by atoms with van der Waals surface area (Å²) in [7, 11) is 1.54. The van der Waals surface area contributed by atoms with Gasteiger partial charge < -0.3 is 20.5 Å². The maximum atomic E-state index is 13.4.